The fourth-order valence-corrected chi connectivity index (χ4v) is 2.95. The summed E-state index contributed by atoms with van der Waals surface area (Å²) in [5.41, 5.74) is 0.774. The van der Waals surface area contributed by atoms with Gasteiger partial charge in [-0.1, -0.05) is 35.2 Å². The number of ether oxygens (including phenoxy) is 1. The Balaban J connectivity index is 2.03. The van der Waals surface area contributed by atoms with Crippen LogP contribution in [0.5, 0.6) is 5.75 Å². The van der Waals surface area contributed by atoms with E-state index in [1.54, 1.807) is 0 Å². The van der Waals surface area contributed by atoms with Crippen LogP contribution in [0.4, 0.5) is 19.6 Å². The highest BCUT2D eigenvalue weighted by atomic mass is 32.2. The molecule has 0 amide bonds. The third-order valence-corrected chi connectivity index (χ3v) is 4.15. The van der Waals surface area contributed by atoms with E-state index in [-0.39, 0.29) is 5.75 Å². The predicted octanol–water partition coefficient (Wildman–Crippen LogP) is 4.04. The number of hydrogen-bond donors (Lipinski definition) is 1. The van der Waals surface area contributed by atoms with Gasteiger partial charge in [-0.3, -0.25) is 0 Å². The number of hydrogen-bond acceptors (Lipinski definition) is 6. The third-order valence-electron chi connectivity index (χ3n) is 2.17. The van der Waals surface area contributed by atoms with Gasteiger partial charge in [-0.25, -0.2) is 8.78 Å². The zero-order valence-electron chi connectivity index (χ0n) is 10.7. The quantitative estimate of drug-likeness (QED) is 0.781. The molecule has 1 heterocycles. The Labute approximate surface area is 123 Å². The van der Waals surface area contributed by atoms with Crippen molar-refractivity contribution in [2.75, 3.05) is 17.7 Å². The van der Waals surface area contributed by atoms with E-state index >= 15 is 0 Å². The summed E-state index contributed by atoms with van der Waals surface area (Å²) < 4.78 is 30.2. The van der Waals surface area contributed by atoms with Gasteiger partial charge in [0.2, 0.25) is 11.6 Å². The lowest BCUT2D eigenvalue weighted by Gasteiger charge is -2.09. The molecule has 0 saturated heterocycles. The van der Waals surface area contributed by atoms with E-state index in [1.807, 2.05) is 31.2 Å². The first kappa shape index (κ1) is 15.0. The highest BCUT2D eigenvalue weighted by Crippen LogP contribution is 2.31. The molecule has 108 valence electrons. The molecule has 1 N–H and O–H groups in total. The lowest BCUT2D eigenvalue weighted by Crippen LogP contribution is -1.97. The maximum absolute atomic E-state index is 12.1. The van der Waals surface area contributed by atoms with Crippen molar-refractivity contribution in [1.29, 1.82) is 0 Å². The molecule has 0 fully saturated rings. The highest BCUT2D eigenvalue weighted by Gasteiger charge is 2.10. The van der Waals surface area contributed by atoms with Gasteiger partial charge in [-0.2, -0.15) is 0 Å². The van der Waals surface area contributed by atoms with Gasteiger partial charge in [0.15, 0.2) is 4.34 Å². The van der Waals surface area contributed by atoms with E-state index in [0.717, 1.165) is 17.4 Å². The summed E-state index contributed by atoms with van der Waals surface area (Å²) in [6.07, 6.45) is -2.35. The van der Waals surface area contributed by atoms with Crippen LogP contribution in [0.15, 0.2) is 28.6 Å². The highest BCUT2D eigenvalue weighted by molar-refractivity contribution is 8.01. The third kappa shape index (κ3) is 4.31. The lowest BCUT2D eigenvalue weighted by atomic mass is 10.3. The summed E-state index contributed by atoms with van der Waals surface area (Å²) in [5, 5.41) is 11.4. The van der Waals surface area contributed by atoms with E-state index in [1.165, 1.54) is 11.3 Å². The van der Waals surface area contributed by atoms with Crippen molar-refractivity contribution in [1.82, 2.24) is 10.2 Å². The van der Waals surface area contributed by atoms with Crippen molar-refractivity contribution in [3.8, 4) is 5.75 Å². The number of anilines is 2. The second-order valence-corrected chi connectivity index (χ2v) is 5.87. The molecule has 4 nitrogen and oxygen atoms in total. The average molecular weight is 317 g/mol. The van der Waals surface area contributed by atoms with Gasteiger partial charge >= 0.3 is 0 Å². The SMILES string of the molecule is CCOc1ccccc1Nc1nnc(SCC(F)F)s1. The summed E-state index contributed by atoms with van der Waals surface area (Å²) in [5.74, 6) is 0.441. The molecule has 8 heteroatoms. The van der Waals surface area contributed by atoms with Crippen molar-refractivity contribution in [2.24, 2.45) is 0 Å². The normalized spacial score (nSPS) is 10.8. The first-order chi connectivity index (χ1) is 9.69. The molecular weight excluding hydrogens is 304 g/mol. The van der Waals surface area contributed by atoms with Gasteiger partial charge in [0.05, 0.1) is 18.0 Å². The molecule has 0 aliphatic heterocycles. The van der Waals surface area contributed by atoms with Crippen LogP contribution in [0.25, 0.3) is 0 Å². The molecule has 1 aromatic heterocycles. The van der Waals surface area contributed by atoms with Gasteiger partial charge in [0, 0.05) is 0 Å². The van der Waals surface area contributed by atoms with Crippen molar-refractivity contribution >= 4 is 33.9 Å². The maximum atomic E-state index is 12.1. The number of aromatic nitrogens is 2. The molecule has 20 heavy (non-hydrogen) atoms. The van der Waals surface area contributed by atoms with Crippen LogP contribution in [-0.4, -0.2) is 29.0 Å². The van der Waals surface area contributed by atoms with Crippen molar-refractivity contribution in [3.63, 3.8) is 0 Å². The second kappa shape index (κ2) is 7.39. The average Bonchev–Trinajstić information content (AvgIpc) is 2.87. The Hall–Kier alpha value is -1.41. The zero-order valence-corrected chi connectivity index (χ0v) is 12.3. The number of nitrogens with one attached hydrogen (secondary N) is 1. The van der Waals surface area contributed by atoms with E-state index < -0.39 is 6.43 Å². The Kier molecular flexibility index (Phi) is 5.54. The van der Waals surface area contributed by atoms with E-state index in [9.17, 15) is 8.78 Å². The van der Waals surface area contributed by atoms with E-state index in [2.05, 4.69) is 15.5 Å². The number of nitrogens with zero attached hydrogens (tertiary/aromatic N) is 2. The van der Waals surface area contributed by atoms with Crippen molar-refractivity contribution < 1.29 is 13.5 Å². The summed E-state index contributed by atoms with van der Waals surface area (Å²) in [4.78, 5) is 0. The molecule has 0 bridgehead atoms. The largest absolute Gasteiger partial charge is 0.492 e. The smallest absolute Gasteiger partial charge is 0.248 e. The molecule has 0 radical (unpaired) electrons. The summed E-state index contributed by atoms with van der Waals surface area (Å²) >= 11 is 2.24. The first-order valence-electron chi connectivity index (χ1n) is 5.92. The first-order valence-corrected chi connectivity index (χ1v) is 7.72. The molecule has 2 rings (SSSR count). The van der Waals surface area contributed by atoms with Crippen LogP contribution in [0, 0.1) is 0 Å². The van der Waals surface area contributed by atoms with Crippen LogP contribution >= 0.6 is 23.1 Å². The molecular formula is C12H13F2N3OS2. The Morgan fingerprint density at radius 3 is 2.90 bits per heavy atom. The van der Waals surface area contributed by atoms with Gasteiger partial charge < -0.3 is 10.1 Å². The number of para-hydroxylation sites is 2. The zero-order chi connectivity index (χ0) is 14.4. The molecule has 2 aromatic rings. The van der Waals surface area contributed by atoms with Crippen LogP contribution in [0.3, 0.4) is 0 Å². The van der Waals surface area contributed by atoms with Gasteiger partial charge in [-0.05, 0) is 19.1 Å². The standard InChI is InChI=1S/C12H13F2N3OS2/c1-2-18-9-6-4-3-5-8(9)15-11-16-17-12(20-11)19-7-10(13)14/h3-6,10H,2,7H2,1H3,(H,15,16). The summed E-state index contributed by atoms with van der Waals surface area (Å²) in [6.45, 7) is 2.46. The monoisotopic (exact) mass is 317 g/mol. The minimum absolute atomic E-state index is 0.274. The molecule has 1 aromatic carbocycles. The number of thioether (sulfide) groups is 1. The number of rotatable bonds is 7. The van der Waals surface area contributed by atoms with Crippen LogP contribution in [0.1, 0.15) is 6.92 Å². The van der Waals surface area contributed by atoms with Gasteiger partial charge in [0.25, 0.3) is 0 Å². The van der Waals surface area contributed by atoms with E-state index in [4.69, 9.17) is 4.74 Å². The number of benzene rings is 1. The number of alkyl halides is 2. The summed E-state index contributed by atoms with van der Waals surface area (Å²) in [7, 11) is 0. The molecule has 0 spiro atoms. The van der Waals surface area contributed by atoms with Gasteiger partial charge in [-0.15, -0.1) is 10.2 Å². The predicted molar refractivity (Wildman–Crippen MR) is 77.5 cm³/mol. The topological polar surface area (TPSA) is 47.0 Å². The van der Waals surface area contributed by atoms with E-state index in [0.29, 0.717) is 21.8 Å². The minimum atomic E-state index is -2.35. The van der Waals surface area contributed by atoms with Crippen LogP contribution in [-0.2, 0) is 0 Å². The molecule has 0 saturated carbocycles. The van der Waals surface area contributed by atoms with Gasteiger partial charge in [0.1, 0.15) is 5.75 Å². The van der Waals surface area contributed by atoms with Crippen molar-refractivity contribution in [3.05, 3.63) is 24.3 Å². The summed E-state index contributed by atoms with van der Waals surface area (Å²) in [6, 6.07) is 7.45. The lowest BCUT2D eigenvalue weighted by molar-refractivity contribution is 0.177. The molecule has 0 aliphatic rings. The Morgan fingerprint density at radius 1 is 1.35 bits per heavy atom. The molecule has 0 aliphatic carbocycles. The van der Waals surface area contributed by atoms with Crippen molar-refractivity contribution in [2.45, 2.75) is 17.7 Å². The minimum Gasteiger partial charge on any atom is -0.492 e. The number of halogens is 2. The second-order valence-electron chi connectivity index (χ2n) is 3.63. The van der Waals surface area contributed by atoms with Crippen LogP contribution < -0.4 is 10.1 Å². The maximum Gasteiger partial charge on any atom is 0.248 e. The molecule has 0 atom stereocenters. The fourth-order valence-electron chi connectivity index (χ4n) is 1.42. The van der Waals surface area contributed by atoms with Crippen LogP contribution in [0.2, 0.25) is 0 Å². The Morgan fingerprint density at radius 2 is 2.15 bits per heavy atom. The fraction of sp³-hybridized carbons (Fsp3) is 0.333. The Bertz CT molecular complexity index is 551. The molecule has 0 unspecified atom stereocenters.